The lowest BCUT2D eigenvalue weighted by molar-refractivity contribution is -0.242. The Morgan fingerprint density at radius 2 is 1.94 bits per heavy atom. The van der Waals surface area contributed by atoms with Crippen LogP contribution in [0.4, 0.5) is 0 Å². The first-order chi connectivity index (χ1) is 8.51. The van der Waals surface area contributed by atoms with Crippen LogP contribution in [0.25, 0.3) is 0 Å². The van der Waals surface area contributed by atoms with E-state index >= 15 is 0 Å². The van der Waals surface area contributed by atoms with Crippen LogP contribution in [0.2, 0.25) is 0 Å². The van der Waals surface area contributed by atoms with Gasteiger partial charge in [0.2, 0.25) is 5.79 Å². The Morgan fingerprint density at radius 1 is 1.33 bits per heavy atom. The zero-order valence-corrected chi connectivity index (χ0v) is 11.1. The van der Waals surface area contributed by atoms with Crippen LogP contribution < -0.4 is 0 Å². The number of hydrogen-bond donors (Lipinski definition) is 0. The highest BCUT2D eigenvalue weighted by molar-refractivity contribution is 5.96. The number of allylic oxidation sites excluding steroid dienone is 1. The summed E-state index contributed by atoms with van der Waals surface area (Å²) in [5.41, 5.74) is 1.03. The van der Waals surface area contributed by atoms with Gasteiger partial charge in [0.1, 0.15) is 0 Å². The van der Waals surface area contributed by atoms with Crippen molar-refractivity contribution in [3.63, 3.8) is 0 Å². The van der Waals surface area contributed by atoms with Gasteiger partial charge in [-0.1, -0.05) is 11.6 Å². The monoisotopic (exact) mass is 254 g/mol. The highest BCUT2D eigenvalue weighted by Gasteiger charge is 2.60. The summed E-state index contributed by atoms with van der Waals surface area (Å²) in [5.74, 6) is -2.94. The molecule has 3 aliphatic carbocycles. The summed E-state index contributed by atoms with van der Waals surface area (Å²) in [6, 6.07) is 0. The third-order valence-electron chi connectivity index (χ3n) is 4.13. The Morgan fingerprint density at radius 3 is 2.44 bits per heavy atom. The number of Topliss-reactive ketones (excluding diaryl/α,β-unsaturated/α-hetero) is 1. The van der Waals surface area contributed by atoms with Crippen molar-refractivity contribution in [2.24, 2.45) is 17.8 Å². The molecule has 3 rings (SSSR count). The van der Waals surface area contributed by atoms with Crippen LogP contribution in [0.3, 0.4) is 0 Å². The normalized spacial score (nSPS) is 33.2. The van der Waals surface area contributed by atoms with Crippen molar-refractivity contribution in [2.45, 2.75) is 19.1 Å². The van der Waals surface area contributed by atoms with Gasteiger partial charge in [0.05, 0.1) is 18.9 Å². The molecule has 0 saturated heterocycles. The summed E-state index contributed by atoms with van der Waals surface area (Å²) in [6.45, 7) is 1.93. The molecule has 0 aromatic heterocycles. The molecular formula is C13H18O5. The predicted octanol–water partition coefficient (Wildman–Crippen LogP) is 0.930. The van der Waals surface area contributed by atoms with E-state index in [-0.39, 0.29) is 17.7 Å². The maximum absolute atomic E-state index is 12.4. The van der Waals surface area contributed by atoms with E-state index in [1.807, 2.05) is 13.0 Å². The van der Waals surface area contributed by atoms with E-state index in [9.17, 15) is 9.59 Å². The predicted molar refractivity (Wildman–Crippen MR) is 62.6 cm³/mol. The molecule has 2 bridgehead atoms. The van der Waals surface area contributed by atoms with Gasteiger partial charge < -0.3 is 14.2 Å². The van der Waals surface area contributed by atoms with Crippen LogP contribution >= 0.6 is 0 Å². The van der Waals surface area contributed by atoms with E-state index in [1.54, 1.807) is 0 Å². The van der Waals surface area contributed by atoms with Gasteiger partial charge in [0, 0.05) is 20.1 Å². The first-order valence-corrected chi connectivity index (χ1v) is 5.92. The Kier molecular flexibility index (Phi) is 3.29. The maximum atomic E-state index is 12.4. The highest BCUT2D eigenvalue weighted by atomic mass is 16.7. The lowest BCUT2D eigenvalue weighted by atomic mass is 9.62. The largest absolute Gasteiger partial charge is 0.469 e. The number of carbonyl (C=O) groups is 2. The van der Waals surface area contributed by atoms with Crippen molar-refractivity contribution in [1.82, 2.24) is 0 Å². The molecule has 100 valence electrons. The van der Waals surface area contributed by atoms with Crippen molar-refractivity contribution in [3.8, 4) is 0 Å². The van der Waals surface area contributed by atoms with Gasteiger partial charge in [0.25, 0.3) is 0 Å². The fourth-order valence-corrected chi connectivity index (χ4v) is 3.18. The number of ketones is 1. The van der Waals surface area contributed by atoms with E-state index in [0.29, 0.717) is 6.42 Å². The molecule has 1 fully saturated rings. The molecule has 0 unspecified atom stereocenters. The standard InChI is InChI=1S/C13H18O5/c1-7-5-8-9(12(15)16-2)6-10(7)13(17-3,18-4)11(8)14/h5,8-10H,6H2,1-4H3/t8-,9-,10-/m0/s1. The molecule has 3 aliphatic rings. The SMILES string of the molecule is COC(=O)[C@H]1C[C@H]2C(C)=C[C@@H]1C(=O)C2(OC)OC. The fraction of sp³-hybridized carbons (Fsp3) is 0.692. The molecule has 18 heavy (non-hydrogen) atoms. The van der Waals surface area contributed by atoms with E-state index in [0.717, 1.165) is 5.57 Å². The molecule has 3 atom stereocenters. The first-order valence-electron chi connectivity index (χ1n) is 5.92. The van der Waals surface area contributed by atoms with Gasteiger partial charge in [-0.15, -0.1) is 0 Å². The van der Waals surface area contributed by atoms with E-state index in [4.69, 9.17) is 14.2 Å². The molecule has 0 heterocycles. The van der Waals surface area contributed by atoms with Crippen molar-refractivity contribution in [1.29, 1.82) is 0 Å². The molecule has 0 N–H and O–H groups in total. The van der Waals surface area contributed by atoms with Crippen LogP contribution in [0.1, 0.15) is 13.3 Å². The molecule has 0 aromatic carbocycles. The summed E-state index contributed by atoms with van der Waals surface area (Å²) in [6.07, 6.45) is 2.36. The van der Waals surface area contributed by atoms with Gasteiger partial charge in [-0.2, -0.15) is 0 Å². The molecule has 0 spiro atoms. The van der Waals surface area contributed by atoms with Crippen molar-refractivity contribution >= 4 is 11.8 Å². The van der Waals surface area contributed by atoms with Crippen molar-refractivity contribution in [3.05, 3.63) is 11.6 Å². The lowest BCUT2D eigenvalue weighted by Crippen LogP contribution is -2.61. The smallest absolute Gasteiger partial charge is 0.309 e. The second-order valence-corrected chi connectivity index (χ2v) is 4.79. The topological polar surface area (TPSA) is 61.8 Å². The summed E-state index contributed by atoms with van der Waals surface area (Å²) in [5, 5.41) is 0. The highest BCUT2D eigenvalue weighted by Crippen LogP contribution is 2.49. The number of methoxy groups -OCH3 is 3. The van der Waals surface area contributed by atoms with Crippen LogP contribution in [-0.2, 0) is 23.8 Å². The zero-order valence-electron chi connectivity index (χ0n) is 11.1. The van der Waals surface area contributed by atoms with Crippen LogP contribution in [0.5, 0.6) is 0 Å². The fourth-order valence-electron chi connectivity index (χ4n) is 3.18. The van der Waals surface area contributed by atoms with Crippen LogP contribution in [0.15, 0.2) is 11.6 Å². The van der Waals surface area contributed by atoms with Gasteiger partial charge in [-0.25, -0.2) is 0 Å². The lowest BCUT2D eigenvalue weighted by Gasteiger charge is -2.49. The molecule has 0 aliphatic heterocycles. The second-order valence-electron chi connectivity index (χ2n) is 4.79. The van der Waals surface area contributed by atoms with Crippen LogP contribution in [-0.4, -0.2) is 38.9 Å². The Hall–Kier alpha value is -1.20. The van der Waals surface area contributed by atoms with Crippen molar-refractivity contribution in [2.75, 3.05) is 21.3 Å². The number of esters is 1. The minimum Gasteiger partial charge on any atom is -0.469 e. The number of fused-ring (bicyclic) bond motifs is 2. The summed E-state index contributed by atoms with van der Waals surface area (Å²) < 4.78 is 15.4. The maximum Gasteiger partial charge on any atom is 0.309 e. The molecular weight excluding hydrogens is 236 g/mol. The number of hydrogen-bond acceptors (Lipinski definition) is 5. The molecule has 0 radical (unpaired) electrons. The summed E-state index contributed by atoms with van der Waals surface area (Å²) >= 11 is 0. The third kappa shape index (κ3) is 1.54. The van der Waals surface area contributed by atoms with Crippen LogP contribution in [0, 0.1) is 17.8 Å². The van der Waals surface area contributed by atoms with Gasteiger partial charge in [0.15, 0.2) is 5.78 Å². The number of ether oxygens (including phenoxy) is 3. The van der Waals surface area contributed by atoms with Gasteiger partial charge in [-0.3, -0.25) is 9.59 Å². The molecule has 1 saturated carbocycles. The summed E-state index contributed by atoms with van der Waals surface area (Å²) in [4.78, 5) is 24.2. The van der Waals surface area contributed by atoms with Gasteiger partial charge in [-0.05, 0) is 13.3 Å². The average Bonchev–Trinajstić information content (AvgIpc) is 2.39. The summed E-state index contributed by atoms with van der Waals surface area (Å²) in [7, 11) is 4.26. The minimum atomic E-state index is -1.24. The number of carbonyl (C=O) groups excluding carboxylic acids is 2. The molecule has 5 nitrogen and oxygen atoms in total. The third-order valence-corrected chi connectivity index (χ3v) is 4.13. The Balaban J connectivity index is 2.42. The van der Waals surface area contributed by atoms with E-state index in [1.165, 1.54) is 21.3 Å². The molecule has 0 aromatic rings. The Labute approximate surface area is 106 Å². The quantitative estimate of drug-likeness (QED) is 0.426. The van der Waals surface area contributed by atoms with Crippen molar-refractivity contribution < 1.29 is 23.8 Å². The molecule has 0 amide bonds. The van der Waals surface area contributed by atoms with E-state index < -0.39 is 17.6 Å². The number of rotatable bonds is 3. The van der Waals surface area contributed by atoms with Gasteiger partial charge >= 0.3 is 5.97 Å². The first kappa shape index (κ1) is 13.2. The zero-order chi connectivity index (χ0) is 13.5. The van der Waals surface area contributed by atoms with E-state index in [2.05, 4.69) is 0 Å². The average molecular weight is 254 g/mol. The minimum absolute atomic E-state index is 0.190. The Bertz CT molecular complexity index is 408. The second kappa shape index (κ2) is 4.48. The molecule has 5 heteroatoms.